The van der Waals surface area contributed by atoms with Crippen LogP contribution in [-0.2, 0) is 0 Å². The zero-order chi connectivity index (χ0) is 6.97. The van der Waals surface area contributed by atoms with Crippen molar-refractivity contribution in [1.29, 1.82) is 0 Å². The van der Waals surface area contributed by atoms with Crippen molar-refractivity contribution in [2.45, 2.75) is 0 Å². The number of hydrogen-bond acceptors (Lipinski definition) is 5. The van der Waals surface area contributed by atoms with Crippen LogP contribution in [-0.4, -0.2) is 16.3 Å². The van der Waals surface area contributed by atoms with E-state index >= 15 is 0 Å². The van der Waals surface area contributed by atoms with Crippen molar-refractivity contribution < 1.29 is 0 Å². The van der Waals surface area contributed by atoms with E-state index in [1.807, 2.05) is 0 Å². The molecule has 0 aromatic carbocycles. The number of aromatic nitrogens is 2. The van der Waals surface area contributed by atoms with Crippen LogP contribution in [0.4, 0.5) is 17.3 Å². The fourth-order valence-corrected chi connectivity index (χ4v) is 0.731. The average molecular weight is 134 g/mol. The number of anilines is 2. The molecule has 1 aromatic heterocycles. The van der Waals surface area contributed by atoms with Crippen molar-refractivity contribution in [3.05, 3.63) is 6.33 Å². The summed E-state index contributed by atoms with van der Waals surface area (Å²) >= 11 is 0. The second-order valence-electron chi connectivity index (χ2n) is 1.80. The molecule has 1 aliphatic heterocycles. The number of rotatable bonds is 0. The minimum atomic E-state index is 0.377. The summed E-state index contributed by atoms with van der Waals surface area (Å²) in [5, 5.41) is 2.69. The molecule has 0 saturated carbocycles. The van der Waals surface area contributed by atoms with Crippen molar-refractivity contribution in [2.75, 3.05) is 11.1 Å². The maximum absolute atomic E-state index is 5.45. The van der Waals surface area contributed by atoms with Crippen LogP contribution < -0.4 is 11.1 Å². The normalized spacial score (nSPS) is 12.0. The predicted octanol–water partition coefficient (Wildman–Crippen LogP) is 0.0211. The summed E-state index contributed by atoms with van der Waals surface area (Å²) in [6.07, 6.45) is 3.90. The lowest BCUT2D eigenvalue weighted by Crippen LogP contribution is -1.94. The van der Waals surface area contributed by atoms with Crippen molar-refractivity contribution in [1.82, 2.24) is 9.97 Å². The van der Waals surface area contributed by atoms with Crippen molar-refractivity contribution in [2.24, 2.45) is 4.99 Å². The van der Waals surface area contributed by atoms with Crippen LogP contribution in [0, 0.1) is 0 Å². The van der Waals surface area contributed by atoms with Gasteiger partial charge in [0, 0.05) is 0 Å². The molecule has 0 radical (unpaired) electrons. The zero-order valence-corrected chi connectivity index (χ0v) is 5.00. The van der Waals surface area contributed by atoms with Gasteiger partial charge in [-0.15, -0.1) is 4.98 Å². The summed E-state index contributed by atoms with van der Waals surface area (Å²) in [6, 6.07) is 0. The number of nitrogens with one attached hydrogen (secondary N) is 1. The topological polar surface area (TPSA) is 76.2 Å². The molecule has 0 saturated heterocycles. The fraction of sp³-hybridized carbons (Fsp3) is 0. The van der Waals surface area contributed by atoms with Crippen molar-refractivity contribution in [3.8, 4) is 0 Å². The second-order valence-corrected chi connectivity index (χ2v) is 1.80. The van der Waals surface area contributed by atoms with Gasteiger partial charge in [0.25, 0.3) is 6.34 Å². The van der Waals surface area contributed by atoms with Gasteiger partial charge >= 0.3 is 11.5 Å². The average Bonchev–Trinajstić information content (AvgIpc) is 2.36. The monoisotopic (exact) mass is 134 g/mol. The molecule has 5 nitrogen and oxygen atoms in total. The Morgan fingerprint density at radius 3 is 3.20 bits per heavy atom. The fourth-order valence-electron chi connectivity index (χ4n) is 0.731. The Bertz CT molecular complexity index is 292. The molecule has 0 spiro atoms. The van der Waals surface area contributed by atoms with E-state index in [4.69, 9.17) is 5.73 Å². The number of nitrogen functional groups attached to an aromatic ring is 1. The molecule has 0 atom stereocenters. The first kappa shape index (κ1) is 5.08. The van der Waals surface area contributed by atoms with Gasteiger partial charge in [0.1, 0.15) is 6.33 Å². The summed E-state index contributed by atoms with van der Waals surface area (Å²) < 4.78 is 0. The van der Waals surface area contributed by atoms with Gasteiger partial charge in [0.2, 0.25) is 5.82 Å². The highest BCUT2D eigenvalue weighted by molar-refractivity contribution is 5.92. The van der Waals surface area contributed by atoms with E-state index in [1.54, 1.807) is 0 Å². The summed E-state index contributed by atoms with van der Waals surface area (Å²) in [5.41, 5.74) is 6.02. The summed E-state index contributed by atoms with van der Waals surface area (Å²) in [6.45, 7) is 0. The summed E-state index contributed by atoms with van der Waals surface area (Å²) in [4.78, 5) is 11.4. The SMILES string of the molecule is Nc1ncnc2c1N=[C+]N2. The molecule has 0 amide bonds. The molecule has 2 rings (SSSR count). The van der Waals surface area contributed by atoms with E-state index in [2.05, 4.69) is 26.6 Å². The Balaban J connectivity index is 2.67. The minimum absolute atomic E-state index is 0.377. The Morgan fingerprint density at radius 2 is 2.40 bits per heavy atom. The molecule has 0 aliphatic carbocycles. The van der Waals surface area contributed by atoms with Crippen LogP contribution >= 0.6 is 0 Å². The van der Waals surface area contributed by atoms with Gasteiger partial charge in [0.15, 0.2) is 0 Å². The molecule has 48 valence electrons. The third-order valence-electron chi connectivity index (χ3n) is 1.19. The number of nitrogens with two attached hydrogens (primary N) is 1. The summed E-state index contributed by atoms with van der Waals surface area (Å²) in [5.74, 6) is 0.995. The quantitative estimate of drug-likeness (QED) is 0.490. The molecule has 10 heavy (non-hydrogen) atoms. The van der Waals surface area contributed by atoms with E-state index in [0.29, 0.717) is 17.3 Å². The molecule has 1 aromatic rings. The third-order valence-corrected chi connectivity index (χ3v) is 1.19. The van der Waals surface area contributed by atoms with Gasteiger partial charge in [-0.1, -0.05) is 0 Å². The first-order valence-corrected chi connectivity index (χ1v) is 2.70. The molecular formula is C5H4N5+. The molecule has 0 fully saturated rings. The van der Waals surface area contributed by atoms with Gasteiger partial charge in [-0.3, -0.25) is 0 Å². The van der Waals surface area contributed by atoms with Gasteiger partial charge in [0.05, 0.1) is 0 Å². The van der Waals surface area contributed by atoms with Gasteiger partial charge in [-0.2, -0.15) is 5.32 Å². The van der Waals surface area contributed by atoms with Crippen LogP contribution in [0.5, 0.6) is 0 Å². The first-order chi connectivity index (χ1) is 4.88. The lowest BCUT2D eigenvalue weighted by Gasteiger charge is -1.85. The maximum atomic E-state index is 5.45. The van der Waals surface area contributed by atoms with Crippen LogP contribution in [0.3, 0.4) is 0 Å². The van der Waals surface area contributed by atoms with E-state index in [0.717, 1.165) is 0 Å². The molecule has 3 N–H and O–H groups in total. The van der Waals surface area contributed by atoms with Crippen molar-refractivity contribution >= 4 is 23.7 Å². The smallest absolute Gasteiger partial charge is 0.320 e. The zero-order valence-electron chi connectivity index (χ0n) is 5.00. The highest BCUT2D eigenvalue weighted by Crippen LogP contribution is 2.29. The van der Waals surface area contributed by atoms with Crippen LogP contribution in [0.1, 0.15) is 0 Å². The third kappa shape index (κ3) is 0.519. The molecule has 0 bridgehead atoms. The molecule has 5 heteroatoms. The van der Waals surface area contributed by atoms with E-state index < -0.39 is 0 Å². The van der Waals surface area contributed by atoms with E-state index in [9.17, 15) is 0 Å². The van der Waals surface area contributed by atoms with Crippen LogP contribution in [0.2, 0.25) is 0 Å². The van der Waals surface area contributed by atoms with Gasteiger partial charge in [-0.05, 0) is 4.99 Å². The van der Waals surface area contributed by atoms with E-state index in [1.165, 1.54) is 6.33 Å². The number of fused-ring (bicyclic) bond motifs is 1. The van der Waals surface area contributed by atoms with Crippen molar-refractivity contribution in [3.63, 3.8) is 0 Å². The highest BCUT2D eigenvalue weighted by Gasteiger charge is 2.23. The maximum Gasteiger partial charge on any atom is 0.320 e. The molecule has 2 heterocycles. The molecular weight excluding hydrogens is 130 g/mol. The predicted molar refractivity (Wildman–Crippen MR) is 37.2 cm³/mol. The van der Waals surface area contributed by atoms with Gasteiger partial charge < -0.3 is 5.73 Å². The van der Waals surface area contributed by atoms with Crippen LogP contribution in [0.15, 0.2) is 11.3 Å². The van der Waals surface area contributed by atoms with Crippen LogP contribution in [0.25, 0.3) is 0 Å². The van der Waals surface area contributed by atoms with E-state index in [-0.39, 0.29) is 0 Å². The molecule has 0 unspecified atom stereocenters. The highest BCUT2D eigenvalue weighted by atomic mass is 15.1. The summed E-state index contributed by atoms with van der Waals surface area (Å²) in [7, 11) is 0. The van der Waals surface area contributed by atoms with Gasteiger partial charge in [-0.25, -0.2) is 4.98 Å². The Morgan fingerprint density at radius 1 is 1.50 bits per heavy atom. The lowest BCUT2D eigenvalue weighted by atomic mass is 10.4. The Kier molecular flexibility index (Phi) is 0.822. The molecule has 1 aliphatic rings. The Labute approximate surface area is 57.0 Å². The number of nitrogens with zero attached hydrogens (tertiary/aromatic N) is 3. The standard InChI is InChI=1S/C5H4N5/c6-4-3-5(9-1-7-3)10-2-8-4/h2H,(H3,6,7,8,9,10)/q+1. The lowest BCUT2D eigenvalue weighted by molar-refractivity contribution is 1.19. The number of aliphatic imine (C=N–C) groups is 1. The first-order valence-electron chi connectivity index (χ1n) is 2.70. The Hall–Kier alpha value is -1.74. The minimum Gasteiger partial charge on any atom is -0.369 e. The second kappa shape index (κ2) is 1.62. The number of hydrogen-bond donors (Lipinski definition) is 2. The largest absolute Gasteiger partial charge is 0.369 e.